The summed E-state index contributed by atoms with van der Waals surface area (Å²) >= 11 is 0. The molecule has 0 unspecified atom stereocenters. The average Bonchev–Trinajstić information content (AvgIpc) is 3.38. The zero-order chi connectivity index (χ0) is 21.8. The standard InChI is InChI=1S/C21H25FN8O/c1-20-6-7-21(2,27-20)18(22)16(11-20)29(3)19-23-12-15(25-26-19)14-5-4-13(10-17(14)31)30-9-8-24-28-30/h4-5,8-10,12,16,18,27,31H,6-7,11H2,1-3H3/t16-,18+,20-,21+/m0/s1. The maximum absolute atomic E-state index is 15.4. The van der Waals surface area contributed by atoms with Crippen molar-refractivity contribution < 1.29 is 9.50 Å². The summed E-state index contributed by atoms with van der Waals surface area (Å²) in [4.78, 5) is 6.21. The van der Waals surface area contributed by atoms with Gasteiger partial charge < -0.3 is 15.3 Å². The van der Waals surface area contributed by atoms with Crippen LogP contribution in [0, 0.1) is 0 Å². The highest BCUT2D eigenvalue weighted by Gasteiger charge is 2.56. The fourth-order valence-electron chi connectivity index (χ4n) is 4.96. The number of piperidine rings is 1. The van der Waals surface area contributed by atoms with Crippen molar-refractivity contribution in [2.45, 2.75) is 56.4 Å². The molecule has 2 aliphatic heterocycles. The number of phenols is 1. The van der Waals surface area contributed by atoms with Gasteiger partial charge >= 0.3 is 0 Å². The smallest absolute Gasteiger partial charge is 0.245 e. The van der Waals surface area contributed by atoms with Gasteiger partial charge in [-0.2, -0.15) is 0 Å². The van der Waals surface area contributed by atoms with Gasteiger partial charge in [-0.3, -0.25) is 0 Å². The second kappa shape index (κ2) is 6.94. The lowest BCUT2D eigenvalue weighted by molar-refractivity contribution is 0.0856. The van der Waals surface area contributed by atoms with E-state index in [0.29, 0.717) is 29.3 Å². The number of rotatable bonds is 4. The summed E-state index contributed by atoms with van der Waals surface area (Å²) < 4.78 is 16.9. The third kappa shape index (κ3) is 3.31. The number of hydrogen-bond donors (Lipinski definition) is 2. The van der Waals surface area contributed by atoms with Crippen molar-refractivity contribution in [3.63, 3.8) is 0 Å². The van der Waals surface area contributed by atoms with Crippen LogP contribution in [0.15, 0.2) is 36.8 Å². The Morgan fingerprint density at radius 3 is 2.77 bits per heavy atom. The average molecular weight is 424 g/mol. The van der Waals surface area contributed by atoms with Crippen molar-refractivity contribution in [1.82, 2.24) is 35.5 Å². The Morgan fingerprint density at radius 1 is 1.26 bits per heavy atom. The minimum Gasteiger partial charge on any atom is -0.507 e. The molecule has 2 aliphatic rings. The molecule has 0 spiro atoms. The van der Waals surface area contributed by atoms with Crippen molar-refractivity contribution >= 4 is 5.95 Å². The zero-order valence-corrected chi connectivity index (χ0v) is 17.7. The van der Waals surface area contributed by atoms with Crippen LogP contribution in [0.4, 0.5) is 10.3 Å². The van der Waals surface area contributed by atoms with Gasteiger partial charge in [-0.05, 0) is 45.2 Å². The van der Waals surface area contributed by atoms with Gasteiger partial charge in [0.25, 0.3) is 0 Å². The number of aromatic hydroxyl groups is 1. The van der Waals surface area contributed by atoms with Crippen LogP contribution >= 0.6 is 0 Å². The Hall–Kier alpha value is -3.14. The van der Waals surface area contributed by atoms with Crippen molar-refractivity contribution in [1.29, 1.82) is 0 Å². The number of phenolic OH excluding ortho intramolecular Hbond substituents is 1. The van der Waals surface area contributed by atoms with E-state index in [1.165, 1.54) is 0 Å². The lowest BCUT2D eigenvalue weighted by Gasteiger charge is -2.47. The second-order valence-electron chi connectivity index (χ2n) is 9.08. The van der Waals surface area contributed by atoms with Crippen molar-refractivity contribution in [3.05, 3.63) is 36.8 Å². The topological polar surface area (TPSA) is 105 Å². The third-order valence-electron chi connectivity index (χ3n) is 6.70. The van der Waals surface area contributed by atoms with Crippen molar-refractivity contribution in [2.24, 2.45) is 0 Å². The van der Waals surface area contributed by atoms with Crippen LogP contribution in [0.5, 0.6) is 5.75 Å². The van der Waals surface area contributed by atoms with E-state index in [0.717, 1.165) is 12.8 Å². The first-order valence-electron chi connectivity index (χ1n) is 10.3. The summed E-state index contributed by atoms with van der Waals surface area (Å²) in [5, 5.41) is 30.1. The number of alkyl halides is 1. The van der Waals surface area contributed by atoms with E-state index in [4.69, 9.17) is 0 Å². The van der Waals surface area contributed by atoms with Gasteiger partial charge in [0, 0.05) is 29.8 Å². The van der Waals surface area contributed by atoms with E-state index in [1.54, 1.807) is 46.4 Å². The van der Waals surface area contributed by atoms with E-state index >= 15 is 4.39 Å². The minimum absolute atomic E-state index is 0.0322. The number of aromatic nitrogens is 6. The molecular weight excluding hydrogens is 399 g/mol. The predicted octanol–water partition coefficient (Wildman–Crippen LogP) is 2.27. The van der Waals surface area contributed by atoms with E-state index in [-0.39, 0.29) is 17.3 Å². The Balaban J connectivity index is 1.38. The van der Waals surface area contributed by atoms with E-state index in [2.05, 4.69) is 37.7 Å². The molecule has 1 aromatic carbocycles. The number of fused-ring (bicyclic) bond motifs is 2. The van der Waals surface area contributed by atoms with Gasteiger partial charge in [0.2, 0.25) is 5.95 Å². The monoisotopic (exact) mass is 424 g/mol. The first-order chi connectivity index (χ1) is 14.8. The molecule has 0 amide bonds. The molecule has 2 N–H and O–H groups in total. The molecule has 5 rings (SSSR count). The predicted molar refractivity (Wildman–Crippen MR) is 113 cm³/mol. The highest BCUT2D eigenvalue weighted by molar-refractivity contribution is 5.68. The molecule has 162 valence electrons. The van der Waals surface area contributed by atoms with Gasteiger partial charge in [0.15, 0.2) is 0 Å². The van der Waals surface area contributed by atoms with Crippen LogP contribution < -0.4 is 10.2 Å². The summed E-state index contributed by atoms with van der Waals surface area (Å²) in [6.07, 6.45) is 6.21. The van der Waals surface area contributed by atoms with Crippen LogP contribution in [0.1, 0.15) is 33.1 Å². The first kappa shape index (κ1) is 19.8. The largest absolute Gasteiger partial charge is 0.507 e. The molecule has 0 radical (unpaired) electrons. The molecule has 0 saturated carbocycles. The number of benzene rings is 1. The Morgan fingerprint density at radius 2 is 2.10 bits per heavy atom. The van der Waals surface area contributed by atoms with Crippen LogP contribution in [-0.4, -0.2) is 65.6 Å². The zero-order valence-electron chi connectivity index (χ0n) is 17.7. The van der Waals surface area contributed by atoms with E-state index in [1.807, 2.05) is 14.0 Å². The number of nitrogens with zero attached hydrogens (tertiary/aromatic N) is 7. The molecule has 2 fully saturated rings. The van der Waals surface area contributed by atoms with Gasteiger partial charge in [-0.25, -0.2) is 14.1 Å². The van der Waals surface area contributed by atoms with E-state index < -0.39 is 11.7 Å². The molecule has 2 saturated heterocycles. The molecule has 9 nitrogen and oxygen atoms in total. The van der Waals surface area contributed by atoms with Crippen LogP contribution in [-0.2, 0) is 0 Å². The van der Waals surface area contributed by atoms with Gasteiger partial charge in [0.1, 0.15) is 17.6 Å². The number of anilines is 1. The lowest BCUT2D eigenvalue weighted by Crippen LogP contribution is -2.65. The summed E-state index contributed by atoms with van der Waals surface area (Å²) in [5.41, 5.74) is 0.993. The van der Waals surface area contributed by atoms with Crippen molar-refractivity contribution in [3.8, 4) is 22.7 Å². The normalized spacial score (nSPS) is 29.8. The number of nitrogens with one attached hydrogen (secondary N) is 1. The van der Waals surface area contributed by atoms with Gasteiger partial charge in [0.05, 0.1) is 30.3 Å². The Bertz CT molecular complexity index is 1090. The van der Waals surface area contributed by atoms with Gasteiger partial charge in [-0.1, -0.05) is 5.21 Å². The number of halogens is 1. The summed E-state index contributed by atoms with van der Waals surface area (Å²) in [7, 11) is 1.82. The highest BCUT2D eigenvalue weighted by atomic mass is 19.1. The number of hydrogen-bond acceptors (Lipinski definition) is 8. The maximum Gasteiger partial charge on any atom is 0.245 e. The Labute approximate surface area is 179 Å². The Kier molecular flexibility index (Phi) is 4.44. The summed E-state index contributed by atoms with van der Waals surface area (Å²) in [6.45, 7) is 4.11. The molecule has 31 heavy (non-hydrogen) atoms. The molecular formula is C21H25FN8O. The minimum atomic E-state index is -1.04. The molecule has 4 atom stereocenters. The fourth-order valence-corrected chi connectivity index (χ4v) is 4.96. The fraction of sp³-hybridized carbons (Fsp3) is 0.476. The second-order valence-corrected chi connectivity index (χ2v) is 9.08. The third-order valence-corrected chi connectivity index (χ3v) is 6.70. The molecule has 0 aliphatic carbocycles. The summed E-state index contributed by atoms with van der Waals surface area (Å²) in [5.74, 6) is 0.397. The van der Waals surface area contributed by atoms with Crippen LogP contribution in [0.25, 0.3) is 16.9 Å². The molecule has 10 heteroatoms. The molecule has 2 bridgehead atoms. The SMILES string of the molecule is CN(c1ncc(-c2ccc(-n3ccnn3)cc2O)nn1)[C@H]1C[C@]2(C)CC[C@@](C)(N2)[C@@H]1F. The first-order valence-corrected chi connectivity index (χ1v) is 10.3. The molecule has 2 aromatic heterocycles. The van der Waals surface area contributed by atoms with Crippen LogP contribution in [0.2, 0.25) is 0 Å². The van der Waals surface area contributed by atoms with Gasteiger partial charge in [-0.15, -0.1) is 15.3 Å². The molecule has 4 heterocycles. The van der Waals surface area contributed by atoms with Crippen LogP contribution in [0.3, 0.4) is 0 Å². The summed E-state index contributed by atoms with van der Waals surface area (Å²) in [6, 6.07) is 4.77. The highest BCUT2D eigenvalue weighted by Crippen LogP contribution is 2.45. The quantitative estimate of drug-likeness (QED) is 0.657. The van der Waals surface area contributed by atoms with E-state index in [9.17, 15) is 5.11 Å². The maximum atomic E-state index is 15.4. The van der Waals surface area contributed by atoms with Crippen molar-refractivity contribution in [2.75, 3.05) is 11.9 Å². The lowest BCUT2D eigenvalue weighted by atomic mass is 9.82. The molecule has 3 aromatic rings.